The summed E-state index contributed by atoms with van der Waals surface area (Å²) >= 11 is 5.53. The maximum Gasteiger partial charge on any atom is 0.162 e. The molecule has 0 aliphatic carbocycles. The van der Waals surface area contributed by atoms with Crippen LogP contribution in [0.15, 0.2) is 30.3 Å². The fourth-order valence-electron chi connectivity index (χ4n) is 1.04. The number of rotatable bonds is 4. The first-order valence-corrected chi connectivity index (χ1v) is 4.61. The molecule has 0 aromatic heterocycles. The van der Waals surface area contributed by atoms with Gasteiger partial charge in [-0.2, -0.15) is 0 Å². The number of hydrogen-bond acceptors (Lipinski definition) is 2. The Morgan fingerprint density at radius 3 is 2.54 bits per heavy atom. The van der Waals surface area contributed by atoms with E-state index in [1.165, 1.54) is 0 Å². The maximum atomic E-state index is 11.4. The molecule has 0 aliphatic rings. The molecule has 2 nitrogen and oxygen atoms in total. The minimum Gasteiger partial charge on any atom is -0.315 e. The van der Waals surface area contributed by atoms with E-state index in [9.17, 15) is 4.79 Å². The van der Waals surface area contributed by atoms with Crippen LogP contribution in [0.1, 0.15) is 23.2 Å². The monoisotopic (exact) mass is 197 g/mol. The fourth-order valence-corrected chi connectivity index (χ4v) is 1.15. The second-order valence-electron chi connectivity index (χ2n) is 2.84. The van der Waals surface area contributed by atoms with Crippen LogP contribution in [0.5, 0.6) is 0 Å². The van der Waals surface area contributed by atoms with E-state index in [1.807, 2.05) is 18.2 Å². The lowest BCUT2D eigenvalue weighted by molar-refractivity contribution is 0.0980. The molecule has 0 radical (unpaired) electrons. The standard InChI is InChI=1S/C10H12ClNO/c11-10(12)7-6-9(13)8-4-2-1-3-5-8/h1-5,10H,6-7,12H2. The van der Waals surface area contributed by atoms with Gasteiger partial charge in [0.15, 0.2) is 5.78 Å². The Morgan fingerprint density at radius 2 is 2.00 bits per heavy atom. The second-order valence-corrected chi connectivity index (χ2v) is 3.40. The molecule has 0 saturated carbocycles. The van der Waals surface area contributed by atoms with Crippen LogP contribution in [0.4, 0.5) is 0 Å². The molecule has 2 N–H and O–H groups in total. The lowest BCUT2D eigenvalue weighted by Crippen LogP contribution is -2.13. The van der Waals surface area contributed by atoms with Crippen LogP contribution in [0.3, 0.4) is 0 Å². The van der Waals surface area contributed by atoms with E-state index >= 15 is 0 Å². The first-order valence-electron chi connectivity index (χ1n) is 4.18. The van der Waals surface area contributed by atoms with Gasteiger partial charge in [-0.25, -0.2) is 0 Å². The molecule has 0 bridgehead atoms. The van der Waals surface area contributed by atoms with Gasteiger partial charge in [0, 0.05) is 12.0 Å². The Balaban J connectivity index is 2.50. The van der Waals surface area contributed by atoms with Gasteiger partial charge in [-0.15, -0.1) is 11.6 Å². The highest BCUT2D eigenvalue weighted by atomic mass is 35.5. The third-order valence-corrected chi connectivity index (χ3v) is 1.96. The molecular weight excluding hydrogens is 186 g/mol. The highest BCUT2D eigenvalue weighted by molar-refractivity contribution is 6.20. The van der Waals surface area contributed by atoms with Gasteiger partial charge in [0.2, 0.25) is 0 Å². The zero-order valence-electron chi connectivity index (χ0n) is 7.24. The molecule has 1 rings (SSSR count). The quantitative estimate of drug-likeness (QED) is 0.457. The Morgan fingerprint density at radius 1 is 1.38 bits per heavy atom. The molecule has 0 heterocycles. The zero-order chi connectivity index (χ0) is 9.68. The highest BCUT2D eigenvalue weighted by Gasteiger charge is 2.06. The summed E-state index contributed by atoms with van der Waals surface area (Å²) in [5.74, 6) is 0.0942. The van der Waals surface area contributed by atoms with Gasteiger partial charge < -0.3 is 5.73 Å². The van der Waals surface area contributed by atoms with Gasteiger partial charge in [0.05, 0.1) is 5.50 Å². The van der Waals surface area contributed by atoms with Gasteiger partial charge >= 0.3 is 0 Å². The van der Waals surface area contributed by atoms with Gasteiger partial charge in [0.25, 0.3) is 0 Å². The van der Waals surface area contributed by atoms with E-state index in [2.05, 4.69) is 0 Å². The van der Waals surface area contributed by atoms with E-state index in [1.54, 1.807) is 12.1 Å². The SMILES string of the molecule is NC(Cl)CCC(=O)c1ccccc1. The molecule has 3 heteroatoms. The van der Waals surface area contributed by atoms with Crippen LogP contribution >= 0.6 is 11.6 Å². The number of nitrogens with two attached hydrogens (primary N) is 1. The first kappa shape index (κ1) is 10.2. The van der Waals surface area contributed by atoms with Crippen molar-refractivity contribution < 1.29 is 4.79 Å². The fraction of sp³-hybridized carbons (Fsp3) is 0.300. The van der Waals surface area contributed by atoms with Crippen molar-refractivity contribution >= 4 is 17.4 Å². The number of ketones is 1. The highest BCUT2D eigenvalue weighted by Crippen LogP contribution is 2.07. The normalized spacial score (nSPS) is 12.5. The molecule has 0 fully saturated rings. The predicted molar refractivity (Wildman–Crippen MR) is 53.8 cm³/mol. The minimum atomic E-state index is -0.423. The Bertz CT molecular complexity index is 272. The summed E-state index contributed by atoms with van der Waals surface area (Å²) in [6, 6.07) is 9.15. The molecule has 0 aliphatic heterocycles. The van der Waals surface area contributed by atoms with Crippen LogP contribution in [0, 0.1) is 0 Å². The zero-order valence-corrected chi connectivity index (χ0v) is 8.00. The molecule has 0 amide bonds. The molecule has 13 heavy (non-hydrogen) atoms. The number of halogens is 1. The Hall–Kier alpha value is -0.860. The summed E-state index contributed by atoms with van der Waals surface area (Å²) in [6.45, 7) is 0. The molecular formula is C10H12ClNO. The lowest BCUT2D eigenvalue weighted by Gasteiger charge is -2.02. The lowest BCUT2D eigenvalue weighted by atomic mass is 10.1. The smallest absolute Gasteiger partial charge is 0.162 e. The molecule has 0 saturated heterocycles. The van der Waals surface area contributed by atoms with E-state index in [0.29, 0.717) is 12.8 Å². The minimum absolute atomic E-state index is 0.0942. The van der Waals surface area contributed by atoms with Crippen molar-refractivity contribution in [2.45, 2.75) is 18.3 Å². The Labute approximate surface area is 82.7 Å². The summed E-state index contributed by atoms with van der Waals surface area (Å²) in [6.07, 6.45) is 0.934. The predicted octanol–water partition coefficient (Wildman–Crippen LogP) is 2.17. The molecule has 1 aromatic carbocycles. The van der Waals surface area contributed by atoms with E-state index in [-0.39, 0.29) is 5.78 Å². The summed E-state index contributed by atoms with van der Waals surface area (Å²) in [5.41, 5.74) is 5.63. The second kappa shape index (κ2) is 5.00. The maximum absolute atomic E-state index is 11.4. The number of carbonyl (C=O) groups excluding carboxylic acids is 1. The van der Waals surface area contributed by atoms with Crippen molar-refractivity contribution in [2.75, 3.05) is 0 Å². The van der Waals surface area contributed by atoms with Gasteiger partial charge in [-0.1, -0.05) is 30.3 Å². The van der Waals surface area contributed by atoms with E-state index in [4.69, 9.17) is 17.3 Å². The largest absolute Gasteiger partial charge is 0.315 e. The van der Waals surface area contributed by atoms with Crippen LogP contribution in [0.25, 0.3) is 0 Å². The van der Waals surface area contributed by atoms with Gasteiger partial charge in [-0.3, -0.25) is 4.79 Å². The molecule has 1 unspecified atom stereocenters. The number of hydrogen-bond donors (Lipinski definition) is 1. The van der Waals surface area contributed by atoms with Gasteiger partial charge in [0.1, 0.15) is 0 Å². The number of benzene rings is 1. The molecule has 70 valence electrons. The number of carbonyl (C=O) groups is 1. The summed E-state index contributed by atoms with van der Waals surface area (Å²) in [5, 5.41) is 0. The van der Waals surface area contributed by atoms with Crippen molar-refractivity contribution in [1.82, 2.24) is 0 Å². The molecule has 1 aromatic rings. The van der Waals surface area contributed by atoms with Crippen molar-refractivity contribution in [3.63, 3.8) is 0 Å². The third kappa shape index (κ3) is 3.57. The molecule has 1 atom stereocenters. The van der Waals surface area contributed by atoms with E-state index < -0.39 is 5.50 Å². The number of Topliss-reactive ketones (excluding diaryl/α,β-unsaturated/α-hetero) is 1. The number of alkyl halides is 1. The summed E-state index contributed by atoms with van der Waals surface area (Å²) < 4.78 is 0. The van der Waals surface area contributed by atoms with Crippen molar-refractivity contribution in [1.29, 1.82) is 0 Å². The first-order chi connectivity index (χ1) is 6.20. The summed E-state index contributed by atoms with van der Waals surface area (Å²) in [4.78, 5) is 11.4. The van der Waals surface area contributed by atoms with Crippen molar-refractivity contribution in [3.8, 4) is 0 Å². The van der Waals surface area contributed by atoms with Gasteiger partial charge in [-0.05, 0) is 6.42 Å². The average molecular weight is 198 g/mol. The topological polar surface area (TPSA) is 43.1 Å². The average Bonchev–Trinajstić information content (AvgIpc) is 2.15. The van der Waals surface area contributed by atoms with Crippen LogP contribution in [0.2, 0.25) is 0 Å². The van der Waals surface area contributed by atoms with Crippen molar-refractivity contribution in [3.05, 3.63) is 35.9 Å². The summed E-state index contributed by atoms with van der Waals surface area (Å²) in [7, 11) is 0. The molecule has 0 spiro atoms. The third-order valence-electron chi connectivity index (χ3n) is 1.74. The Kier molecular flexibility index (Phi) is 3.93. The van der Waals surface area contributed by atoms with Crippen LogP contribution < -0.4 is 5.73 Å². The van der Waals surface area contributed by atoms with Crippen LogP contribution in [-0.4, -0.2) is 11.3 Å². The van der Waals surface area contributed by atoms with Crippen LogP contribution in [-0.2, 0) is 0 Å². The van der Waals surface area contributed by atoms with E-state index in [0.717, 1.165) is 5.56 Å². The van der Waals surface area contributed by atoms with Crippen molar-refractivity contribution in [2.24, 2.45) is 5.73 Å².